The minimum Gasteiger partial charge on any atom is -0.491 e. The minimum atomic E-state index is -0.516. The van der Waals surface area contributed by atoms with Crippen molar-refractivity contribution in [3.05, 3.63) is 29.8 Å². The van der Waals surface area contributed by atoms with Gasteiger partial charge in [-0.2, -0.15) is 5.26 Å². The summed E-state index contributed by atoms with van der Waals surface area (Å²) in [7, 11) is 0. The number of hydrogen-bond acceptors (Lipinski definition) is 5. The third kappa shape index (κ3) is 3.72. The van der Waals surface area contributed by atoms with Crippen molar-refractivity contribution < 1.29 is 9.84 Å². The second kappa shape index (κ2) is 7.52. The minimum absolute atomic E-state index is 0.273. The van der Waals surface area contributed by atoms with Crippen molar-refractivity contribution >= 4 is 0 Å². The molecule has 2 N–H and O–H groups in total. The Morgan fingerprint density at radius 2 is 1.88 bits per heavy atom. The zero-order chi connectivity index (χ0) is 17.1. The van der Waals surface area contributed by atoms with Crippen LogP contribution in [0, 0.1) is 23.2 Å². The Labute approximate surface area is 144 Å². The van der Waals surface area contributed by atoms with Gasteiger partial charge in [-0.3, -0.25) is 4.90 Å². The van der Waals surface area contributed by atoms with E-state index in [1.807, 2.05) is 0 Å². The summed E-state index contributed by atoms with van der Waals surface area (Å²) >= 11 is 0. The zero-order valence-electron chi connectivity index (χ0n) is 14.5. The predicted molar refractivity (Wildman–Crippen MR) is 92.8 cm³/mol. The third-order valence-electron chi connectivity index (χ3n) is 5.68. The van der Waals surface area contributed by atoms with Gasteiger partial charge in [0.1, 0.15) is 18.5 Å². The smallest absolute Gasteiger partial charge is 0.119 e. The Bertz CT molecular complexity index is 567. The fourth-order valence-electron chi connectivity index (χ4n) is 4.10. The molecule has 5 heteroatoms. The number of fused-ring (bicyclic) bond motifs is 2. The van der Waals surface area contributed by atoms with E-state index in [4.69, 9.17) is 10.00 Å². The van der Waals surface area contributed by atoms with E-state index in [1.165, 1.54) is 6.42 Å². The van der Waals surface area contributed by atoms with Crippen LogP contribution in [0.5, 0.6) is 5.75 Å². The number of likely N-dealkylation sites (tertiary alicyclic amines) is 1. The fourth-order valence-corrected chi connectivity index (χ4v) is 4.10. The molecule has 4 unspecified atom stereocenters. The molecule has 1 aromatic carbocycles. The van der Waals surface area contributed by atoms with Crippen LogP contribution in [0.2, 0.25) is 0 Å². The summed E-state index contributed by atoms with van der Waals surface area (Å²) in [5, 5.41) is 22.8. The zero-order valence-corrected chi connectivity index (χ0v) is 14.5. The molecule has 2 bridgehead atoms. The number of β-amino-alcohol motifs (C(OH)–C–C–N with tert-alkyl or cyclic N) is 1. The van der Waals surface area contributed by atoms with Gasteiger partial charge in [-0.1, -0.05) is 0 Å². The van der Waals surface area contributed by atoms with Gasteiger partial charge in [-0.25, -0.2) is 0 Å². The quantitative estimate of drug-likeness (QED) is 0.859. The van der Waals surface area contributed by atoms with Gasteiger partial charge in [0.15, 0.2) is 0 Å². The fraction of sp³-hybridized carbons (Fsp3) is 0.632. The monoisotopic (exact) mass is 329 g/mol. The molecule has 0 saturated carbocycles. The van der Waals surface area contributed by atoms with Crippen molar-refractivity contribution in [2.45, 2.75) is 38.5 Å². The lowest BCUT2D eigenvalue weighted by atomic mass is 9.76. The topological polar surface area (TPSA) is 68.5 Å². The van der Waals surface area contributed by atoms with Gasteiger partial charge >= 0.3 is 0 Å². The van der Waals surface area contributed by atoms with Crippen LogP contribution in [0.15, 0.2) is 24.3 Å². The second-order valence-corrected chi connectivity index (χ2v) is 7.19. The van der Waals surface area contributed by atoms with Gasteiger partial charge < -0.3 is 15.2 Å². The van der Waals surface area contributed by atoms with Gasteiger partial charge in [0.25, 0.3) is 0 Å². The highest BCUT2D eigenvalue weighted by Crippen LogP contribution is 2.34. The standard InChI is InChI=1S/C19H27N3O2/c1-13-16-7-17(10-21-9-16)14(2)22(13)11-18(23)12-24-19-5-3-15(8-20)4-6-19/h3-6,13-14,16-18,21,23H,7,9-12H2,1-2H3/t13?,14?,16?,17?,18-/m0/s1. The van der Waals surface area contributed by atoms with E-state index in [-0.39, 0.29) is 6.61 Å². The van der Waals surface area contributed by atoms with E-state index in [0.29, 0.717) is 41.8 Å². The summed E-state index contributed by atoms with van der Waals surface area (Å²) in [5.74, 6) is 2.03. The molecule has 2 fully saturated rings. The first-order chi connectivity index (χ1) is 11.6. The molecule has 5 atom stereocenters. The molecule has 0 spiro atoms. The number of rotatable bonds is 5. The van der Waals surface area contributed by atoms with Crippen molar-refractivity contribution in [2.75, 3.05) is 26.2 Å². The van der Waals surface area contributed by atoms with E-state index in [1.54, 1.807) is 24.3 Å². The highest BCUT2D eigenvalue weighted by Gasteiger charge is 2.41. The SMILES string of the molecule is CC1C2CNCC(C2)C(C)N1C[C@H](O)COc1ccc(C#N)cc1. The van der Waals surface area contributed by atoms with Gasteiger partial charge in [-0.15, -0.1) is 0 Å². The molecule has 2 saturated heterocycles. The van der Waals surface area contributed by atoms with Crippen LogP contribution < -0.4 is 10.1 Å². The number of ether oxygens (including phenoxy) is 1. The van der Waals surface area contributed by atoms with Crippen LogP contribution in [-0.2, 0) is 0 Å². The number of aliphatic hydroxyl groups is 1. The Morgan fingerprint density at radius 3 is 2.46 bits per heavy atom. The second-order valence-electron chi connectivity index (χ2n) is 7.19. The predicted octanol–water partition coefficient (Wildman–Crippen LogP) is 1.62. The summed E-state index contributed by atoms with van der Waals surface area (Å²) in [4.78, 5) is 2.45. The van der Waals surface area contributed by atoms with Crippen LogP contribution in [0.4, 0.5) is 0 Å². The lowest BCUT2D eigenvalue weighted by molar-refractivity contribution is -0.0365. The Morgan fingerprint density at radius 1 is 1.25 bits per heavy atom. The Hall–Kier alpha value is -1.61. The molecule has 2 heterocycles. The molecule has 24 heavy (non-hydrogen) atoms. The molecule has 0 radical (unpaired) electrons. The Balaban J connectivity index is 1.53. The molecule has 130 valence electrons. The van der Waals surface area contributed by atoms with Gasteiger partial charge in [0.05, 0.1) is 11.6 Å². The van der Waals surface area contributed by atoms with Crippen molar-refractivity contribution in [3.8, 4) is 11.8 Å². The van der Waals surface area contributed by atoms with E-state index in [9.17, 15) is 5.11 Å². The number of benzene rings is 1. The molecule has 0 aromatic heterocycles. The number of nitrogens with one attached hydrogen (secondary N) is 1. The van der Waals surface area contributed by atoms with E-state index in [2.05, 4.69) is 30.1 Å². The summed E-state index contributed by atoms with van der Waals surface area (Å²) in [6.45, 7) is 7.63. The van der Waals surface area contributed by atoms with Crippen LogP contribution in [0.1, 0.15) is 25.8 Å². The first kappa shape index (κ1) is 17.2. The summed E-state index contributed by atoms with van der Waals surface area (Å²) < 4.78 is 5.67. The highest BCUT2D eigenvalue weighted by atomic mass is 16.5. The number of piperidine rings is 2. The van der Waals surface area contributed by atoms with Crippen molar-refractivity contribution in [1.82, 2.24) is 10.2 Å². The first-order valence-electron chi connectivity index (χ1n) is 8.86. The molecule has 2 aliphatic rings. The normalized spacial score (nSPS) is 31.2. The molecule has 1 aromatic rings. The molecule has 0 aliphatic carbocycles. The van der Waals surface area contributed by atoms with Crippen molar-refractivity contribution in [2.24, 2.45) is 11.8 Å². The van der Waals surface area contributed by atoms with Gasteiger partial charge in [0.2, 0.25) is 0 Å². The van der Waals surface area contributed by atoms with Crippen LogP contribution in [0.25, 0.3) is 0 Å². The van der Waals surface area contributed by atoms with E-state index < -0.39 is 6.10 Å². The summed E-state index contributed by atoms with van der Waals surface area (Å²) in [6, 6.07) is 10.0. The van der Waals surface area contributed by atoms with Crippen LogP contribution in [0.3, 0.4) is 0 Å². The number of aliphatic hydroxyl groups excluding tert-OH is 1. The van der Waals surface area contributed by atoms with Crippen LogP contribution in [-0.4, -0.2) is 54.4 Å². The average Bonchev–Trinajstić information content (AvgIpc) is 2.63. The molecule has 3 rings (SSSR count). The number of nitriles is 1. The van der Waals surface area contributed by atoms with Gasteiger partial charge in [-0.05, 0) is 69.5 Å². The summed E-state index contributed by atoms with van der Waals surface area (Å²) in [5.41, 5.74) is 0.610. The molecular formula is C19H27N3O2. The Kier molecular flexibility index (Phi) is 5.40. The maximum absolute atomic E-state index is 10.4. The average molecular weight is 329 g/mol. The lowest BCUT2D eigenvalue weighted by Gasteiger charge is -2.51. The van der Waals surface area contributed by atoms with Crippen LogP contribution >= 0.6 is 0 Å². The highest BCUT2D eigenvalue weighted by molar-refractivity contribution is 5.34. The maximum Gasteiger partial charge on any atom is 0.119 e. The first-order valence-corrected chi connectivity index (χ1v) is 8.86. The van der Waals surface area contributed by atoms with Gasteiger partial charge in [0, 0.05) is 18.6 Å². The molecular weight excluding hydrogens is 302 g/mol. The van der Waals surface area contributed by atoms with E-state index >= 15 is 0 Å². The third-order valence-corrected chi connectivity index (χ3v) is 5.68. The molecule has 2 aliphatic heterocycles. The van der Waals surface area contributed by atoms with E-state index in [0.717, 1.165) is 13.1 Å². The molecule has 0 amide bonds. The largest absolute Gasteiger partial charge is 0.491 e. The van der Waals surface area contributed by atoms with Crippen molar-refractivity contribution in [1.29, 1.82) is 5.26 Å². The van der Waals surface area contributed by atoms with Crippen molar-refractivity contribution in [3.63, 3.8) is 0 Å². The number of hydrogen-bond donors (Lipinski definition) is 2. The number of nitrogens with zero attached hydrogens (tertiary/aromatic N) is 2. The molecule has 5 nitrogen and oxygen atoms in total. The lowest BCUT2D eigenvalue weighted by Crippen LogP contribution is -2.61. The summed E-state index contributed by atoms with van der Waals surface area (Å²) in [6.07, 6.45) is 0.779. The maximum atomic E-state index is 10.4.